The van der Waals surface area contributed by atoms with E-state index in [9.17, 15) is 19.3 Å². The van der Waals surface area contributed by atoms with Gasteiger partial charge in [0.05, 0.1) is 11.5 Å². The predicted octanol–water partition coefficient (Wildman–Crippen LogP) is 1.25. The molecule has 0 amide bonds. The molecule has 7 heteroatoms. The summed E-state index contributed by atoms with van der Waals surface area (Å²) in [4.78, 5) is 21.9. The number of rotatable bonds is 5. The molecular formula is C10H11FN2O4. The summed E-state index contributed by atoms with van der Waals surface area (Å²) in [6.45, 7) is -0.270. The van der Waals surface area contributed by atoms with Gasteiger partial charge in [-0.1, -0.05) is 0 Å². The summed E-state index contributed by atoms with van der Waals surface area (Å²) < 4.78 is 13.0. The van der Waals surface area contributed by atoms with E-state index in [0.717, 1.165) is 18.2 Å². The van der Waals surface area contributed by atoms with Gasteiger partial charge in [0.25, 0.3) is 5.69 Å². The Morgan fingerprint density at radius 2 is 2.24 bits per heavy atom. The zero-order valence-electron chi connectivity index (χ0n) is 9.09. The first-order chi connectivity index (χ1) is 7.90. The standard InChI is InChI=1S/C10H11FN2O4/c1-12(6-10(14)15)5-7-4-8(11)2-3-9(7)13(16)17/h2-4H,5-6H2,1H3,(H,14,15). The Labute approximate surface area is 96.4 Å². The summed E-state index contributed by atoms with van der Waals surface area (Å²) in [5.41, 5.74) is -0.0672. The van der Waals surface area contributed by atoms with Gasteiger partial charge < -0.3 is 5.11 Å². The fraction of sp³-hybridized carbons (Fsp3) is 0.300. The van der Waals surface area contributed by atoms with E-state index >= 15 is 0 Å². The maximum absolute atomic E-state index is 13.0. The number of aliphatic carboxylic acids is 1. The molecule has 1 N–H and O–H groups in total. The predicted molar refractivity (Wildman–Crippen MR) is 57.0 cm³/mol. The van der Waals surface area contributed by atoms with E-state index in [0.29, 0.717) is 0 Å². The van der Waals surface area contributed by atoms with Crippen molar-refractivity contribution in [3.05, 3.63) is 39.7 Å². The fourth-order valence-corrected chi connectivity index (χ4v) is 1.44. The molecule has 0 aliphatic heterocycles. The van der Waals surface area contributed by atoms with E-state index in [-0.39, 0.29) is 24.3 Å². The van der Waals surface area contributed by atoms with Crippen LogP contribution >= 0.6 is 0 Å². The van der Waals surface area contributed by atoms with Crippen molar-refractivity contribution in [1.29, 1.82) is 0 Å². The number of hydrogen-bond donors (Lipinski definition) is 1. The number of hydrogen-bond acceptors (Lipinski definition) is 4. The molecule has 0 spiro atoms. The Morgan fingerprint density at radius 1 is 1.59 bits per heavy atom. The van der Waals surface area contributed by atoms with Gasteiger partial charge in [0.15, 0.2) is 0 Å². The van der Waals surface area contributed by atoms with Gasteiger partial charge in [0.2, 0.25) is 0 Å². The molecule has 0 atom stereocenters. The first-order valence-electron chi connectivity index (χ1n) is 4.73. The fourth-order valence-electron chi connectivity index (χ4n) is 1.44. The summed E-state index contributed by atoms with van der Waals surface area (Å²) in [6, 6.07) is 3.11. The third kappa shape index (κ3) is 3.80. The van der Waals surface area contributed by atoms with E-state index in [1.807, 2.05) is 0 Å². The summed E-state index contributed by atoms with van der Waals surface area (Å²) in [5.74, 6) is -1.64. The molecular weight excluding hydrogens is 231 g/mol. The molecule has 0 radical (unpaired) electrons. The zero-order valence-corrected chi connectivity index (χ0v) is 9.09. The number of benzene rings is 1. The maximum atomic E-state index is 13.0. The molecule has 0 aliphatic rings. The Morgan fingerprint density at radius 3 is 2.76 bits per heavy atom. The molecule has 1 rings (SSSR count). The van der Waals surface area contributed by atoms with Gasteiger partial charge >= 0.3 is 5.97 Å². The van der Waals surface area contributed by atoms with Crippen LogP contribution in [0.4, 0.5) is 10.1 Å². The summed E-state index contributed by atoms with van der Waals surface area (Å²) in [5, 5.41) is 19.2. The quantitative estimate of drug-likeness (QED) is 0.620. The van der Waals surface area contributed by atoms with E-state index < -0.39 is 16.7 Å². The molecule has 0 fully saturated rings. The van der Waals surface area contributed by atoms with Crippen molar-refractivity contribution in [3.8, 4) is 0 Å². The molecule has 0 aromatic heterocycles. The van der Waals surface area contributed by atoms with E-state index in [1.54, 1.807) is 0 Å². The third-order valence-corrected chi connectivity index (χ3v) is 2.08. The topological polar surface area (TPSA) is 83.7 Å². The lowest BCUT2D eigenvalue weighted by atomic mass is 10.1. The summed E-state index contributed by atoms with van der Waals surface area (Å²) >= 11 is 0. The van der Waals surface area contributed by atoms with Crippen molar-refractivity contribution in [2.24, 2.45) is 0 Å². The van der Waals surface area contributed by atoms with Gasteiger partial charge in [0.1, 0.15) is 5.82 Å². The van der Waals surface area contributed by atoms with Gasteiger partial charge in [0, 0.05) is 18.2 Å². The smallest absolute Gasteiger partial charge is 0.317 e. The number of likely N-dealkylation sites (N-methyl/N-ethyl adjacent to an activating group) is 1. The highest BCUT2D eigenvalue weighted by atomic mass is 19.1. The third-order valence-electron chi connectivity index (χ3n) is 2.08. The van der Waals surface area contributed by atoms with Crippen LogP contribution in [0, 0.1) is 15.9 Å². The van der Waals surface area contributed by atoms with Crippen molar-refractivity contribution < 1.29 is 19.2 Å². The minimum Gasteiger partial charge on any atom is -0.480 e. The number of carboxylic acid groups (broad SMARTS) is 1. The maximum Gasteiger partial charge on any atom is 0.317 e. The Balaban J connectivity index is 2.92. The highest BCUT2D eigenvalue weighted by Crippen LogP contribution is 2.20. The lowest BCUT2D eigenvalue weighted by molar-refractivity contribution is -0.385. The second-order valence-electron chi connectivity index (χ2n) is 3.60. The van der Waals surface area contributed by atoms with Crippen LogP contribution in [-0.4, -0.2) is 34.5 Å². The second-order valence-corrected chi connectivity index (χ2v) is 3.60. The first-order valence-corrected chi connectivity index (χ1v) is 4.73. The second kappa shape index (κ2) is 5.35. The zero-order chi connectivity index (χ0) is 13.0. The first kappa shape index (κ1) is 13.0. The highest BCUT2D eigenvalue weighted by molar-refractivity contribution is 5.69. The van der Waals surface area contributed by atoms with Crippen LogP contribution in [0.3, 0.4) is 0 Å². The van der Waals surface area contributed by atoms with Gasteiger partial charge in [-0.25, -0.2) is 4.39 Å². The van der Waals surface area contributed by atoms with Crippen LogP contribution in [0.1, 0.15) is 5.56 Å². The van der Waals surface area contributed by atoms with Gasteiger partial charge in [-0.2, -0.15) is 0 Å². The number of halogens is 1. The van der Waals surface area contributed by atoms with Crippen molar-refractivity contribution in [1.82, 2.24) is 4.90 Å². The molecule has 0 heterocycles. The normalized spacial score (nSPS) is 10.5. The minimum atomic E-state index is -1.05. The minimum absolute atomic E-state index is 0.000370. The van der Waals surface area contributed by atoms with Crippen LogP contribution in [-0.2, 0) is 11.3 Å². The molecule has 1 aromatic carbocycles. The average Bonchev–Trinajstić information content (AvgIpc) is 2.15. The van der Waals surface area contributed by atoms with Gasteiger partial charge in [-0.15, -0.1) is 0 Å². The van der Waals surface area contributed by atoms with E-state index in [2.05, 4.69) is 0 Å². The number of nitrogens with zero attached hydrogens (tertiary/aromatic N) is 2. The number of carbonyl (C=O) groups is 1. The monoisotopic (exact) mass is 242 g/mol. The lowest BCUT2D eigenvalue weighted by Crippen LogP contribution is -2.25. The molecule has 1 aromatic rings. The van der Waals surface area contributed by atoms with E-state index in [4.69, 9.17) is 5.11 Å². The molecule has 0 bridgehead atoms. The Bertz CT molecular complexity index is 450. The molecule has 0 aliphatic carbocycles. The molecule has 6 nitrogen and oxygen atoms in total. The van der Waals surface area contributed by atoms with Crippen LogP contribution in [0.2, 0.25) is 0 Å². The van der Waals surface area contributed by atoms with Crippen molar-refractivity contribution in [2.45, 2.75) is 6.54 Å². The SMILES string of the molecule is CN(CC(=O)O)Cc1cc(F)ccc1[N+](=O)[O-]. The largest absolute Gasteiger partial charge is 0.480 e. The molecule has 92 valence electrons. The van der Waals surface area contributed by atoms with Crippen LogP contribution in [0.5, 0.6) is 0 Å². The summed E-state index contributed by atoms with van der Waals surface area (Å²) in [6.07, 6.45) is 0. The van der Waals surface area contributed by atoms with Crippen molar-refractivity contribution >= 4 is 11.7 Å². The molecule has 0 saturated heterocycles. The average molecular weight is 242 g/mol. The van der Waals surface area contributed by atoms with E-state index in [1.165, 1.54) is 11.9 Å². The number of nitro groups is 1. The lowest BCUT2D eigenvalue weighted by Gasteiger charge is -2.13. The van der Waals surface area contributed by atoms with Crippen molar-refractivity contribution in [2.75, 3.05) is 13.6 Å². The van der Waals surface area contributed by atoms with Crippen LogP contribution < -0.4 is 0 Å². The summed E-state index contributed by atoms with van der Waals surface area (Å²) in [7, 11) is 1.49. The number of carboxylic acids is 1. The Kier molecular flexibility index (Phi) is 4.11. The molecule has 0 saturated carbocycles. The van der Waals surface area contributed by atoms with Gasteiger partial charge in [-0.3, -0.25) is 19.8 Å². The Hall–Kier alpha value is -2.02. The highest BCUT2D eigenvalue weighted by Gasteiger charge is 2.16. The molecule has 17 heavy (non-hydrogen) atoms. The van der Waals surface area contributed by atoms with Crippen LogP contribution in [0.15, 0.2) is 18.2 Å². The molecule has 0 unspecified atom stereocenters. The van der Waals surface area contributed by atoms with Crippen molar-refractivity contribution in [3.63, 3.8) is 0 Å². The number of nitro benzene ring substituents is 1. The van der Waals surface area contributed by atoms with Crippen LogP contribution in [0.25, 0.3) is 0 Å². The van der Waals surface area contributed by atoms with Gasteiger partial charge in [-0.05, 0) is 19.2 Å².